The van der Waals surface area contributed by atoms with Crippen molar-refractivity contribution in [3.8, 4) is 0 Å². The second-order valence-electron chi connectivity index (χ2n) is 4.98. The lowest BCUT2D eigenvalue weighted by Gasteiger charge is -2.26. The molecule has 0 aromatic heterocycles. The van der Waals surface area contributed by atoms with Gasteiger partial charge in [0.1, 0.15) is 10.7 Å². The summed E-state index contributed by atoms with van der Waals surface area (Å²) in [4.78, 5) is -0.210. The van der Waals surface area contributed by atoms with Gasteiger partial charge in [-0.15, -0.1) is 0 Å². The Hall–Kier alpha value is -0.460. The Kier molecular flexibility index (Phi) is 2.99. The van der Waals surface area contributed by atoms with Gasteiger partial charge in [0.05, 0.1) is 0 Å². The topological polar surface area (TPSA) is 37.4 Å². The fourth-order valence-electron chi connectivity index (χ4n) is 2.98. The zero-order chi connectivity index (χ0) is 12.9. The number of fused-ring (bicyclic) bond motifs is 2. The van der Waals surface area contributed by atoms with E-state index in [0.717, 1.165) is 19.3 Å². The van der Waals surface area contributed by atoms with Crippen LogP contribution in [-0.2, 0) is 10.0 Å². The molecule has 0 N–H and O–H groups in total. The number of hydrogen-bond donors (Lipinski definition) is 0. The number of hydrogen-bond acceptors (Lipinski definition) is 2. The summed E-state index contributed by atoms with van der Waals surface area (Å²) < 4.78 is 40.7. The third-order valence-electron chi connectivity index (χ3n) is 3.84. The molecule has 3 nitrogen and oxygen atoms in total. The van der Waals surface area contributed by atoms with E-state index in [-0.39, 0.29) is 10.9 Å². The third kappa shape index (κ3) is 1.90. The molecule has 18 heavy (non-hydrogen) atoms. The van der Waals surface area contributed by atoms with E-state index in [9.17, 15) is 12.8 Å². The molecule has 98 valence electrons. The van der Waals surface area contributed by atoms with Crippen LogP contribution in [0.4, 0.5) is 4.39 Å². The van der Waals surface area contributed by atoms with Crippen molar-refractivity contribution in [3.05, 3.63) is 28.5 Å². The average molecular weight is 334 g/mol. The first-order chi connectivity index (χ1) is 8.48. The molecule has 1 saturated carbocycles. The summed E-state index contributed by atoms with van der Waals surface area (Å²) in [6.45, 7) is 0.544. The summed E-state index contributed by atoms with van der Waals surface area (Å²) in [6.07, 6.45) is 2.93. The molecule has 2 aliphatic rings. The van der Waals surface area contributed by atoms with Crippen LogP contribution in [0.5, 0.6) is 0 Å². The Morgan fingerprint density at radius 2 is 2.11 bits per heavy atom. The minimum absolute atomic E-state index is 0.0723. The van der Waals surface area contributed by atoms with E-state index in [1.54, 1.807) is 6.07 Å². The van der Waals surface area contributed by atoms with Crippen molar-refractivity contribution in [2.24, 2.45) is 5.92 Å². The Balaban J connectivity index is 2.00. The molecule has 1 heterocycles. The number of rotatable bonds is 2. The summed E-state index contributed by atoms with van der Waals surface area (Å²) in [5.41, 5.74) is 0. The molecule has 1 aromatic carbocycles. The summed E-state index contributed by atoms with van der Waals surface area (Å²) >= 11 is 3.13. The van der Waals surface area contributed by atoms with Gasteiger partial charge < -0.3 is 0 Å². The van der Waals surface area contributed by atoms with E-state index in [4.69, 9.17) is 0 Å². The average Bonchev–Trinajstić information content (AvgIpc) is 2.90. The predicted octanol–water partition coefficient (Wildman–Crippen LogP) is 2.76. The van der Waals surface area contributed by atoms with Crippen LogP contribution >= 0.6 is 15.9 Å². The summed E-state index contributed by atoms with van der Waals surface area (Å²) in [5, 5.41) is 0. The fraction of sp³-hybridized carbons (Fsp3) is 0.500. The second-order valence-corrected chi connectivity index (χ2v) is 7.76. The molecule has 3 rings (SSSR count). The van der Waals surface area contributed by atoms with Gasteiger partial charge in [0.2, 0.25) is 10.0 Å². The standard InChI is InChI=1S/C12H13BrFNO2S/c13-9-2-4-12(11(14)6-9)18(16,17)15-7-8-1-3-10(15)5-8/h2,4,6,8,10H,1,3,5,7H2. The minimum atomic E-state index is -3.68. The smallest absolute Gasteiger partial charge is 0.207 e. The van der Waals surface area contributed by atoms with Crippen LogP contribution in [0, 0.1) is 11.7 Å². The molecular formula is C12H13BrFNO2S. The van der Waals surface area contributed by atoms with Crippen molar-refractivity contribution >= 4 is 26.0 Å². The van der Waals surface area contributed by atoms with Gasteiger partial charge in [0.15, 0.2) is 0 Å². The van der Waals surface area contributed by atoms with Gasteiger partial charge in [-0.3, -0.25) is 0 Å². The van der Waals surface area contributed by atoms with Gasteiger partial charge in [-0.2, -0.15) is 4.31 Å². The normalized spacial score (nSPS) is 27.9. The van der Waals surface area contributed by atoms with Crippen molar-refractivity contribution in [1.29, 1.82) is 0 Å². The largest absolute Gasteiger partial charge is 0.246 e. The van der Waals surface area contributed by atoms with Gasteiger partial charge in [-0.05, 0) is 43.4 Å². The summed E-state index contributed by atoms with van der Waals surface area (Å²) in [6, 6.07) is 4.16. The summed E-state index contributed by atoms with van der Waals surface area (Å²) in [7, 11) is -3.68. The van der Waals surface area contributed by atoms with E-state index >= 15 is 0 Å². The molecule has 0 spiro atoms. The Bertz CT molecular complexity index is 590. The van der Waals surface area contributed by atoms with Crippen LogP contribution in [-0.4, -0.2) is 25.3 Å². The number of nitrogens with zero attached hydrogens (tertiary/aromatic N) is 1. The highest BCUT2D eigenvalue weighted by Crippen LogP contribution is 2.40. The highest BCUT2D eigenvalue weighted by Gasteiger charge is 2.44. The Labute approximate surface area is 114 Å². The van der Waals surface area contributed by atoms with Crippen molar-refractivity contribution in [2.75, 3.05) is 6.54 Å². The maximum atomic E-state index is 13.8. The first-order valence-corrected chi connectivity index (χ1v) is 8.18. The van der Waals surface area contributed by atoms with E-state index in [1.807, 2.05) is 0 Å². The highest BCUT2D eigenvalue weighted by atomic mass is 79.9. The maximum absolute atomic E-state index is 13.8. The SMILES string of the molecule is O=S(=O)(c1ccc(Br)cc1F)N1CC2CCC1C2. The van der Waals surface area contributed by atoms with Crippen LogP contribution in [0.15, 0.2) is 27.6 Å². The molecule has 1 aromatic rings. The third-order valence-corrected chi connectivity index (χ3v) is 6.28. The predicted molar refractivity (Wildman–Crippen MR) is 69.1 cm³/mol. The second kappa shape index (κ2) is 4.28. The molecule has 1 saturated heterocycles. The van der Waals surface area contributed by atoms with Crippen LogP contribution in [0.2, 0.25) is 0 Å². The molecule has 1 aliphatic heterocycles. The molecule has 0 amide bonds. The zero-order valence-corrected chi connectivity index (χ0v) is 12.0. The minimum Gasteiger partial charge on any atom is -0.207 e. The maximum Gasteiger partial charge on any atom is 0.246 e. The van der Waals surface area contributed by atoms with Crippen LogP contribution < -0.4 is 0 Å². The molecular weight excluding hydrogens is 321 g/mol. The van der Waals surface area contributed by atoms with Crippen LogP contribution in [0.3, 0.4) is 0 Å². The van der Waals surface area contributed by atoms with E-state index in [1.165, 1.54) is 16.4 Å². The quantitative estimate of drug-likeness (QED) is 0.834. The monoisotopic (exact) mass is 333 g/mol. The molecule has 2 atom stereocenters. The number of halogens is 2. The number of piperidine rings is 1. The van der Waals surface area contributed by atoms with E-state index < -0.39 is 15.8 Å². The number of benzene rings is 1. The van der Waals surface area contributed by atoms with Gasteiger partial charge in [-0.25, -0.2) is 12.8 Å². The molecule has 6 heteroatoms. The molecule has 2 unspecified atom stereocenters. The van der Waals surface area contributed by atoms with Crippen LogP contribution in [0.1, 0.15) is 19.3 Å². The molecule has 1 aliphatic carbocycles. The van der Waals surface area contributed by atoms with Gasteiger partial charge in [-0.1, -0.05) is 15.9 Å². The molecule has 2 bridgehead atoms. The van der Waals surface area contributed by atoms with Gasteiger partial charge in [0.25, 0.3) is 0 Å². The Morgan fingerprint density at radius 3 is 2.67 bits per heavy atom. The molecule has 2 fully saturated rings. The lowest BCUT2D eigenvalue weighted by Crippen LogP contribution is -2.37. The highest BCUT2D eigenvalue weighted by molar-refractivity contribution is 9.10. The first-order valence-electron chi connectivity index (χ1n) is 5.95. The lowest BCUT2D eigenvalue weighted by molar-refractivity contribution is 0.332. The first kappa shape index (κ1) is 12.6. The van der Waals surface area contributed by atoms with Gasteiger partial charge >= 0.3 is 0 Å². The van der Waals surface area contributed by atoms with Crippen molar-refractivity contribution < 1.29 is 12.8 Å². The van der Waals surface area contributed by atoms with E-state index in [2.05, 4.69) is 15.9 Å². The molecule has 0 radical (unpaired) electrons. The summed E-state index contributed by atoms with van der Waals surface area (Å²) in [5.74, 6) is -0.226. The fourth-order valence-corrected chi connectivity index (χ4v) is 5.11. The zero-order valence-electron chi connectivity index (χ0n) is 9.64. The Morgan fingerprint density at radius 1 is 1.33 bits per heavy atom. The van der Waals surface area contributed by atoms with Crippen molar-refractivity contribution in [2.45, 2.75) is 30.2 Å². The van der Waals surface area contributed by atoms with E-state index in [0.29, 0.717) is 16.9 Å². The van der Waals surface area contributed by atoms with Gasteiger partial charge in [0, 0.05) is 17.1 Å². The number of sulfonamides is 1. The van der Waals surface area contributed by atoms with Crippen molar-refractivity contribution in [1.82, 2.24) is 4.31 Å². The van der Waals surface area contributed by atoms with Crippen molar-refractivity contribution in [3.63, 3.8) is 0 Å². The lowest BCUT2D eigenvalue weighted by atomic mass is 10.1. The van der Waals surface area contributed by atoms with Crippen LogP contribution in [0.25, 0.3) is 0 Å².